The van der Waals surface area contributed by atoms with Gasteiger partial charge in [-0.1, -0.05) is 38.2 Å². The van der Waals surface area contributed by atoms with E-state index in [-0.39, 0.29) is 63.7 Å². The van der Waals surface area contributed by atoms with Crippen molar-refractivity contribution < 1.29 is 51.1 Å². The maximum absolute atomic E-state index is 10.2. The van der Waals surface area contributed by atoms with Crippen LogP contribution in [0.3, 0.4) is 0 Å². The number of rotatable bonds is 23. The molecule has 0 aliphatic heterocycles. The smallest absolute Gasteiger partial charge is 0.0745 e. The van der Waals surface area contributed by atoms with Crippen molar-refractivity contribution >= 4 is 0 Å². The highest BCUT2D eigenvalue weighted by Gasteiger charge is 2.20. The molecule has 0 heterocycles. The van der Waals surface area contributed by atoms with Gasteiger partial charge in [-0.2, -0.15) is 0 Å². The Kier molecular flexibility index (Phi) is 21.2. The van der Waals surface area contributed by atoms with Gasteiger partial charge in [-0.25, -0.2) is 0 Å². The zero-order valence-electron chi connectivity index (χ0n) is 23.5. The molecule has 0 saturated carbocycles. The second-order valence-electron chi connectivity index (χ2n) is 11.1. The first-order valence-corrected chi connectivity index (χ1v) is 14.1. The Morgan fingerprint density at radius 3 is 1.26 bits per heavy atom. The molecule has 0 aromatic carbocycles. The molecular formula is C28H55NO10. The Labute approximate surface area is 232 Å². The Morgan fingerprint density at radius 2 is 0.846 bits per heavy atom. The molecule has 11 heteroatoms. The van der Waals surface area contributed by atoms with E-state index in [1.165, 1.54) is 18.2 Å². The predicted octanol–water partition coefficient (Wildman–Crippen LogP) is -0.776. The van der Waals surface area contributed by atoms with Gasteiger partial charge in [0.1, 0.15) is 0 Å². The van der Waals surface area contributed by atoms with Crippen LogP contribution in [0.4, 0.5) is 0 Å². The minimum absolute atomic E-state index is 0.00730. The molecule has 232 valence electrons. The first kappa shape index (κ1) is 38.0. The predicted molar refractivity (Wildman–Crippen MR) is 148 cm³/mol. The van der Waals surface area contributed by atoms with Crippen LogP contribution in [0.25, 0.3) is 0 Å². The maximum atomic E-state index is 10.2. The van der Waals surface area contributed by atoms with Crippen molar-refractivity contribution in [2.45, 2.75) is 139 Å². The van der Waals surface area contributed by atoms with Crippen LogP contribution in [0.1, 0.15) is 78.1 Å². The topological polar surface area (TPSA) is 228 Å². The molecule has 12 N–H and O–H groups in total. The lowest BCUT2D eigenvalue weighted by atomic mass is 9.96. The van der Waals surface area contributed by atoms with Gasteiger partial charge in [-0.05, 0) is 63.8 Å². The molecule has 0 fully saturated rings. The average molecular weight is 566 g/mol. The third kappa shape index (κ3) is 21.5. The van der Waals surface area contributed by atoms with Crippen molar-refractivity contribution in [3.63, 3.8) is 0 Å². The van der Waals surface area contributed by atoms with Crippen LogP contribution >= 0.6 is 0 Å². The third-order valence-electron chi connectivity index (χ3n) is 6.52. The monoisotopic (exact) mass is 565 g/mol. The minimum Gasteiger partial charge on any atom is -0.393 e. The molecular weight excluding hydrogens is 510 g/mol. The molecule has 0 aromatic rings. The Hall–Kier alpha value is -0.960. The lowest BCUT2D eigenvalue weighted by Gasteiger charge is -2.21. The Bertz CT molecular complexity index is 650. The second-order valence-corrected chi connectivity index (χ2v) is 11.1. The molecule has 0 aromatic heterocycles. The molecule has 0 saturated heterocycles. The number of hydrogen-bond donors (Lipinski definition) is 11. The summed E-state index contributed by atoms with van der Waals surface area (Å²) in [6, 6.07) is 0. The summed E-state index contributed by atoms with van der Waals surface area (Å²) in [5, 5.41) is 99.8. The van der Waals surface area contributed by atoms with E-state index in [9.17, 15) is 51.1 Å². The average Bonchev–Trinajstić information content (AvgIpc) is 2.78. The van der Waals surface area contributed by atoms with E-state index >= 15 is 0 Å². The third-order valence-corrected chi connectivity index (χ3v) is 6.52. The fourth-order valence-corrected chi connectivity index (χ4v) is 4.19. The molecule has 10 unspecified atom stereocenters. The largest absolute Gasteiger partial charge is 0.393 e. The summed E-state index contributed by atoms with van der Waals surface area (Å²) in [5.74, 6) is -0.00730. The van der Waals surface area contributed by atoms with Crippen LogP contribution in [0.15, 0.2) is 24.3 Å². The quantitative estimate of drug-likeness (QED) is 0.0689. The summed E-state index contributed by atoms with van der Waals surface area (Å²) in [7, 11) is 0. The summed E-state index contributed by atoms with van der Waals surface area (Å²) < 4.78 is 0. The molecule has 11 nitrogen and oxygen atoms in total. The van der Waals surface area contributed by atoms with Crippen LogP contribution in [0.2, 0.25) is 0 Å². The lowest BCUT2D eigenvalue weighted by Crippen LogP contribution is -2.27. The molecule has 0 bridgehead atoms. The van der Waals surface area contributed by atoms with Crippen molar-refractivity contribution in [2.75, 3.05) is 6.54 Å². The van der Waals surface area contributed by atoms with E-state index in [2.05, 4.69) is 0 Å². The van der Waals surface area contributed by atoms with Gasteiger partial charge < -0.3 is 56.8 Å². The zero-order valence-corrected chi connectivity index (χ0v) is 23.5. The summed E-state index contributed by atoms with van der Waals surface area (Å²) in [4.78, 5) is 0. The van der Waals surface area contributed by atoms with E-state index in [0.717, 1.165) is 0 Å². The number of nitrogens with two attached hydrogens (primary N) is 1. The molecule has 0 aliphatic rings. The van der Waals surface area contributed by atoms with E-state index < -0.39 is 61.0 Å². The lowest BCUT2D eigenvalue weighted by molar-refractivity contribution is 0.0142. The van der Waals surface area contributed by atoms with Gasteiger partial charge >= 0.3 is 0 Å². The van der Waals surface area contributed by atoms with Crippen LogP contribution in [0.5, 0.6) is 0 Å². The van der Waals surface area contributed by atoms with Gasteiger partial charge in [0.2, 0.25) is 0 Å². The standard InChI is InChI=1S/C28H55NO10/c1-18(2)28(39)17-27(38)16-26(37)14-22(33)8-4-7-21(32)13-25(36)15-24(35)12-20(31)6-3-5-19(30)11-23(34)9-10-29/h3-4,6,8,18-28,30-39H,5,7,9-17,29H2,1-2H3/b6-3+,8-4+. The number of hydrogen-bond acceptors (Lipinski definition) is 11. The van der Waals surface area contributed by atoms with Gasteiger partial charge in [0.25, 0.3) is 0 Å². The van der Waals surface area contributed by atoms with Gasteiger partial charge in [0.15, 0.2) is 0 Å². The van der Waals surface area contributed by atoms with Gasteiger partial charge in [-0.3, -0.25) is 0 Å². The van der Waals surface area contributed by atoms with Crippen molar-refractivity contribution in [2.24, 2.45) is 11.7 Å². The summed E-state index contributed by atoms with van der Waals surface area (Å²) in [6.45, 7) is 3.99. The first-order chi connectivity index (χ1) is 18.2. The fourth-order valence-electron chi connectivity index (χ4n) is 4.19. The molecule has 39 heavy (non-hydrogen) atoms. The SMILES string of the molecule is CC(C)C(O)CC(O)CC(O)CC(O)/C=C/CC(O)CC(O)CC(O)CC(O)/C=C/CC(O)CC(O)CCN. The molecule has 0 amide bonds. The van der Waals surface area contributed by atoms with Crippen LogP contribution < -0.4 is 5.73 Å². The van der Waals surface area contributed by atoms with E-state index in [1.807, 2.05) is 13.8 Å². The first-order valence-electron chi connectivity index (χ1n) is 14.1. The molecule has 10 atom stereocenters. The van der Waals surface area contributed by atoms with Gasteiger partial charge in [0, 0.05) is 12.8 Å². The highest BCUT2D eigenvalue weighted by molar-refractivity contribution is 4.93. The minimum atomic E-state index is -1.01. The van der Waals surface area contributed by atoms with Gasteiger partial charge in [0.05, 0.1) is 61.0 Å². The molecule has 0 spiro atoms. The van der Waals surface area contributed by atoms with E-state index in [4.69, 9.17) is 5.73 Å². The van der Waals surface area contributed by atoms with Crippen LogP contribution in [-0.2, 0) is 0 Å². The molecule has 0 aliphatic carbocycles. The van der Waals surface area contributed by atoms with Crippen molar-refractivity contribution in [1.29, 1.82) is 0 Å². The second kappa shape index (κ2) is 21.7. The Balaban J connectivity index is 4.23. The number of aliphatic hydroxyl groups excluding tert-OH is 10. The summed E-state index contributed by atoms with van der Waals surface area (Å²) in [6.07, 6.45) is -1.97. The van der Waals surface area contributed by atoms with E-state index in [0.29, 0.717) is 13.0 Å². The molecule has 0 rings (SSSR count). The maximum Gasteiger partial charge on any atom is 0.0745 e. The van der Waals surface area contributed by atoms with E-state index in [1.54, 1.807) is 6.08 Å². The summed E-state index contributed by atoms with van der Waals surface area (Å²) >= 11 is 0. The van der Waals surface area contributed by atoms with Crippen molar-refractivity contribution in [1.82, 2.24) is 0 Å². The summed E-state index contributed by atoms with van der Waals surface area (Å²) in [5.41, 5.74) is 5.35. The normalized spacial score (nSPS) is 20.6. The highest BCUT2D eigenvalue weighted by atomic mass is 16.3. The number of aliphatic hydroxyl groups is 10. The van der Waals surface area contributed by atoms with Crippen LogP contribution in [0, 0.1) is 5.92 Å². The highest BCUT2D eigenvalue weighted by Crippen LogP contribution is 2.16. The molecule has 0 radical (unpaired) electrons. The Morgan fingerprint density at radius 1 is 0.487 bits per heavy atom. The van der Waals surface area contributed by atoms with Gasteiger partial charge in [-0.15, -0.1) is 0 Å². The zero-order chi connectivity index (χ0) is 30.0. The van der Waals surface area contributed by atoms with Crippen LogP contribution in [-0.4, -0.2) is 119 Å². The van der Waals surface area contributed by atoms with Crippen molar-refractivity contribution in [3.8, 4) is 0 Å². The van der Waals surface area contributed by atoms with Crippen molar-refractivity contribution in [3.05, 3.63) is 24.3 Å². The fraction of sp³-hybridized carbons (Fsp3) is 0.857.